The van der Waals surface area contributed by atoms with E-state index in [1.165, 1.54) is 12.1 Å². The molecule has 0 radical (unpaired) electrons. The molecule has 28 heavy (non-hydrogen) atoms. The Morgan fingerprint density at radius 2 is 1.54 bits per heavy atom. The fourth-order valence-electron chi connectivity index (χ4n) is 2.23. The summed E-state index contributed by atoms with van der Waals surface area (Å²) >= 11 is 0. The summed E-state index contributed by atoms with van der Waals surface area (Å²) in [6.07, 6.45) is -1.05. The molecule has 0 saturated heterocycles. The zero-order chi connectivity index (χ0) is 21.2. The van der Waals surface area contributed by atoms with Crippen LogP contribution in [0.5, 0.6) is 5.75 Å². The van der Waals surface area contributed by atoms with Crippen LogP contribution in [0.4, 0.5) is 0 Å². The van der Waals surface area contributed by atoms with E-state index < -0.39 is 24.5 Å². The van der Waals surface area contributed by atoms with E-state index in [1.807, 2.05) is 6.92 Å². The van der Waals surface area contributed by atoms with Crippen molar-refractivity contribution in [1.82, 2.24) is 0 Å². The van der Waals surface area contributed by atoms with Crippen LogP contribution in [0.3, 0.4) is 0 Å². The minimum atomic E-state index is -3.91. The first-order valence-corrected chi connectivity index (χ1v) is 13.6. The summed E-state index contributed by atoms with van der Waals surface area (Å²) in [5.74, 6) is 0.746. The third-order valence-corrected chi connectivity index (χ3v) is 10.8. The second-order valence-corrected chi connectivity index (χ2v) is 14.8. The molecule has 0 aliphatic carbocycles. The SMILES string of the molecule is Cc1ccc(S(=O)(=O)OC[C@H](O)c2ccc(O[Si](C)(C)C(C)(C)C)cc2)cc1. The van der Waals surface area contributed by atoms with Crippen LogP contribution >= 0.6 is 0 Å². The maximum atomic E-state index is 12.2. The van der Waals surface area contributed by atoms with E-state index in [-0.39, 0.29) is 16.5 Å². The normalized spacial score (nSPS) is 14.0. The van der Waals surface area contributed by atoms with Crippen LogP contribution in [0, 0.1) is 6.92 Å². The molecule has 2 rings (SSSR count). The predicted molar refractivity (Wildman–Crippen MR) is 114 cm³/mol. The Morgan fingerprint density at radius 3 is 2.04 bits per heavy atom. The van der Waals surface area contributed by atoms with E-state index in [4.69, 9.17) is 8.61 Å². The molecule has 0 unspecified atom stereocenters. The summed E-state index contributed by atoms with van der Waals surface area (Å²) < 4.78 is 35.7. The van der Waals surface area contributed by atoms with Gasteiger partial charge in [0.25, 0.3) is 10.1 Å². The molecule has 0 aliphatic heterocycles. The topological polar surface area (TPSA) is 72.8 Å². The number of rotatable bonds is 7. The van der Waals surface area contributed by atoms with Gasteiger partial charge < -0.3 is 9.53 Å². The molecule has 0 bridgehead atoms. The first kappa shape index (κ1) is 22.6. The molecule has 0 aromatic heterocycles. The lowest BCUT2D eigenvalue weighted by Crippen LogP contribution is -2.43. The molecular formula is C21H30O5SSi. The molecule has 0 amide bonds. The third-order valence-electron chi connectivity index (χ3n) is 5.13. The lowest BCUT2D eigenvalue weighted by Gasteiger charge is -2.36. The first-order valence-electron chi connectivity index (χ1n) is 9.25. The second kappa shape index (κ2) is 8.37. The van der Waals surface area contributed by atoms with Crippen molar-refractivity contribution in [3.05, 3.63) is 59.7 Å². The van der Waals surface area contributed by atoms with Crippen molar-refractivity contribution in [2.24, 2.45) is 0 Å². The highest BCUT2D eigenvalue weighted by Crippen LogP contribution is 2.37. The average Bonchev–Trinajstić information content (AvgIpc) is 2.59. The largest absolute Gasteiger partial charge is 0.544 e. The zero-order valence-corrected chi connectivity index (χ0v) is 19.2. The smallest absolute Gasteiger partial charge is 0.297 e. The lowest BCUT2D eigenvalue weighted by atomic mass is 10.1. The van der Waals surface area contributed by atoms with Crippen LogP contribution in [-0.4, -0.2) is 28.4 Å². The lowest BCUT2D eigenvalue weighted by molar-refractivity contribution is 0.111. The molecular weight excluding hydrogens is 392 g/mol. The van der Waals surface area contributed by atoms with Gasteiger partial charge in [0, 0.05) is 0 Å². The Labute approximate surface area is 169 Å². The van der Waals surface area contributed by atoms with Gasteiger partial charge in [-0.05, 0) is 54.9 Å². The van der Waals surface area contributed by atoms with E-state index >= 15 is 0 Å². The van der Waals surface area contributed by atoms with Crippen LogP contribution in [-0.2, 0) is 14.3 Å². The van der Waals surface area contributed by atoms with Crippen molar-refractivity contribution in [3.8, 4) is 5.75 Å². The summed E-state index contributed by atoms with van der Waals surface area (Å²) in [5, 5.41) is 10.4. The Bertz CT molecular complexity index is 882. The van der Waals surface area contributed by atoms with E-state index in [0.29, 0.717) is 5.56 Å². The Balaban J connectivity index is 2.01. The highest BCUT2D eigenvalue weighted by Gasteiger charge is 2.38. The number of aliphatic hydroxyl groups excluding tert-OH is 1. The summed E-state index contributed by atoms with van der Waals surface area (Å²) in [7, 11) is -5.85. The third kappa shape index (κ3) is 5.67. The first-order chi connectivity index (χ1) is 12.8. The summed E-state index contributed by atoms with van der Waals surface area (Å²) in [6.45, 7) is 12.4. The van der Waals surface area contributed by atoms with Gasteiger partial charge in [0.15, 0.2) is 0 Å². The van der Waals surface area contributed by atoms with Crippen molar-refractivity contribution in [3.63, 3.8) is 0 Å². The summed E-state index contributed by atoms with van der Waals surface area (Å²) in [4.78, 5) is 0.0726. The van der Waals surface area contributed by atoms with Crippen LogP contribution < -0.4 is 4.43 Å². The molecule has 2 aromatic carbocycles. The number of hydrogen-bond donors (Lipinski definition) is 1. The molecule has 5 nitrogen and oxygen atoms in total. The highest BCUT2D eigenvalue weighted by molar-refractivity contribution is 7.86. The minimum Gasteiger partial charge on any atom is -0.544 e. The van der Waals surface area contributed by atoms with Gasteiger partial charge in [-0.25, -0.2) is 0 Å². The van der Waals surface area contributed by atoms with Crippen LogP contribution in [0.2, 0.25) is 18.1 Å². The molecule has 154 valence electrons. The van der Waals surface area contributed by atoms with Crippen molar-refractivity contribution >= 4 is 18.4 Å². The highest BCUT2D eigenvalue weighted by atomic mass is 32.2. The monoisotopic (exact) mass is 422 g/mol. The van der Waals surface area contributed by atoms with E-state index in [2.05, 4.69) is 33.9 Å². The van der Waals surface area contributed by atoms with Gasteiger partial charge in [-0.15, -0.1) is 0 Å². The van der Waals surface area contributed by atoms with Gasteiger partial charge >= 0.3 is 0 Å². The quantitative estimate of drug-likeness (QED) is 0.512. The molecule has 7 heteroatoms. The van der Waals surface area contributed by atoms with E-state index in [0.717, 1.165) is 11.3 Å². The summed E-state index contributed by atoms with van der Waals surface area (Å²) in [6, 6.07) is 13.4. The molecule has 0 fully saturated rings. The maximum absolute atomic E-state index is 12.2. The number of hydrogen-bond acceptors (Lipinski definition) is 5. The number of benzene rings is 2. The standard InChI is InChI=1S/C21H30O5SSi/c1-16-7-13-19(14-8-16)27(23,24)25-15-20(22)17-9-11-18(12-10-17)26-28(5,6)21(2,3)4/h7-14,20,22H,15H2,1-6H3/t20-/m0/s1. The predicted octanol–water partition coefficient (Wildman–Crippen LogP) is 4.82. The second-order valence-electron chi connectivity index (χ2n) is 8.50. The van der Waals surface area contributed by atoms with E-state index in [1.54, 1.807) is 36.4 Å². The van der Waals surface area contributed by atoms with Gasteiger partial charge in [0.2, 0.25) is 8.32 Å². The van der Waals surface area contributed by atoms with Crippen molar-refractivity contribution in [2.75, 3.05) is 6.61 Å². The van der Waals surface area contributed by atoms with Crippen molar-refractivity contribution in [1.29, 1.82) is 0 Å². The van der Waals surface area contributed by atoms with Crippen LogP contribution in [0.25, 0.3) is 0 Å². The number of aryl methyl sites for hydroxylation is 1. The molecule has 0 heterocycles. The average molecular weight is 423 g/mol. The van der Waals surface area contributed by atoms with Gasteiger partial charge in [-0.1, -0.05) is 50.6 Å². The fraction of sp³-hybridized carbons (Fsp3) is 0.429. The van der Waals surface area contributed by atoms with Crippen LogP contribution in [0.1, 0.15) is 38.0 Å². The fourth-order valence-corrected chi connectivity index (χ4v) is 4.17. The molecule has 2 aromatic rings. The molecule has 0 aliphatic rings. The summed E-state index contributed by atoms with van der Waals surface area (Å²) in [5.41, 5.74) is 1.53. The number of aliphatic hydroxyl groups is 1. The van der Waals surface area contributed by atoms with Crippen molar-refractivity contribution < 1.29 is 22.1 Å². The van der Waals surface area contributed by atoms with Crippen molar-refractivity contribution in [2.45, 2.75) is 56.8 Å². The Hall–Kier alpha value is -1.67. The Morgan fingerprint density at radius 1 is 1.00 bits per heavy atom. The molecule has 1 N–H and O–H groups in total. The van der Waals surface area contributed by atoms with Gasteiger partial charge in [-0.3, -0.25) is 4.18 Å². The molecule has 1 atom stereocenters. The minimum absolute atomic E-state index is 0.0726. The van der Waals surface area contributed by atoms with Gasteiger partial charge in [0.1, 0.15) is 11.9 Å². The van der Waals surface area contributed by atoms with Crippen LogP contribution in [0.15, 0.2) is 53.4 Å². The van der Waals surface area contributed by atoms with Gasteiger partial charge in [-0.2, -0.15) is 8.42 Å². The Kier molecular flexibility index (Phi) is 6.76. The molecule has 0 spiro atoms. The molecule has 0 saturated carbocycles. The van der Waals surface area contributed by atoms with E-state index in [9.17, 15) is 13.5 Å². The maximum Gasteiger partial charge on any atom is 0.297 e. The van der Waals surface area contributed by atoms with Gasteiger partial charge in [0.05, 0.1) is 11.5 Å². The zero-order valence-electron chi connectivity index (χ0n) is 17.4.